The number of imide groups is 1. The molecule has 0 spiro atoms. The number of carbonyl (C=O) groups excluding carboxylic acids is 3. The molecular weight excluding hydrogens is 384 g/mol. The molecule has 2 atom stereocenters. The van der Waals surface area contributed by atoms with Crippen LogP contribution in [0.3, 0.4) is 0 Å². The number of amides is 3. The number of carbonyl (C=O) groups is 3. The van der Waals surface area contributed by atoms with Crippen molar-refractivity contribution in [2.24, 2.45) is 0 Å². The number of benzene rings is 1. The summed E-state index contributed by atoms with van der Waals surface area (Å²) < 4.78 is 11.0. The standard InChI is InChI=1S/C23H32N2O5/c1-5-18(20(26)30-17-10-8-7-9-11-17)25-21(27)23(6-2,24-22(25)28)16-12-13-19(29-4)15(3)14-16/h12-14,17-18H,5-11H2,1-4H3,(H,24,28). The third-order valence-corrected chi connectivity index (χ3v) is 6.35. The Bertz CT molecular complexity index is 818. The van der Waals surface area contributed by atoms with E-state index in [1.54, 1.807) is 26.2 Å². The van der Waals surface area contributed by atoms with Crippen LogP contribution in [0.25, 0.3) is 0 Å². The summed E-state index contributed by atoms with van der Waals surface area (Å²) in [5, 5.41) is 2.86. The number of ether oxygens (including phenoxy) is 2. The van der Waals surface area contributed by atoms with E-state index in [0.29, 0.717) is 24.2 Å². The zero-order chi connectivity index (χ0) is 21.9. The van der Waals surface area contributed by atoms with Crippen LogP contribution in [-0.4, -0.2) is 42.1 Å². The minimum absolute atomic E-state index is 0.124. The summed E-state index contributed by atoms with van der Waals surface area (Å²) >= 11 is 0. The van der Waals surface area contributed by atoms with Crippen LogP contribution in [0.2, 0.25) is 0 Å². The van der Waals surface area contributed by atoms with Gasteiger partial charge < -0.3 is 14.8 Å². The van der Waals surface area contributed by atoms with E-state index >= 15 is 0 Å². The van der Waals surface area contributed by atoms with Crippen molar-refractivity contribution in [1.82, 2.24) is 10.2 Å². The summed E-state index contributed by atoms with van der Waals surface area (Å²) in [6.07, 6.45) is 5.46. The molecule has 1 saturated heterocycles. The average Bonchev–Trinajstić information content (AvgIpc) is 3.00. The maximum Gasteiger partial charge on any atom is 0.329 e. The molecule has 1 aromatic rings. The monoisotopic (exact) mass is 416 g/mol. The second kappa shape index (κ2) is 9.06. The maximum atomic E-state index is 13.5. The molecule has 7 nitrogen and oxygen atoms in total. The van der Waals surface area contributed by atoms with Crippen LogP contribution in [0.15, 0.2) is 18.2 Å². The van der Waals surface area contributed by atoms with Crippen LogP contribution in [-0.2, 0) is 19.9 Å². The first-order chi connectivity index (χ1) is 14.4. The third kappa shape index (κ3) is 3.89. The summed E-state index contributed by atoms with van der Waals surface area (Å²) in [6, 6.07) is 3.96. The van der Waals surface area contributed by atoms with Gasteiger partial charge in [-0.1, -0.05) is 26.3 Å². The van der Waals surface area contributed by atoms with Gasteiger partial charge in [-0.05, 0) is 68.7 Å². The number of hydrogen-bond donors (Lipinski definition) is 1. The van der Waals surface area contributed by atoms with Crippen LogP contribution in [0.4, 0.5) is 4.79 Å². The molecule has 1 heterocycles. The fourth-order valence-corrected chi connectivity index (χ4v) is 4.54. The van der Waals surface area contributed by atoms with Crippen LogP contribution in [0.1, 0.15) is 69.9 Å². The molecule has 1 N–H and O–H groups in total. The third-order valence-electron chi connectivity index (χ3n) is 6.35. The number of nitrogens with one attached hydrogen (secondary N) is 1. The van der Waals surface area contributed by atoms with E-state index < -0.39 is 29.5 Å². The van der Waals surface area contributed by atoms with Gasteiger partial charge in [-0.15, -0.1) is 0 Å². The number of nitrogens with zero attached hydrogens (tertiary/aromatic N) is 1. The van der Waals surface area contributed by atoms with Crippen LogP contribution in [0, 0.1) is 6.92 Å². The zero-order valence-corrected chi connectivity index (χ0v) is 18.3. The lowest BCUT2D eigenvalue weighted by Crippen LogP contribution is -2.48. The average molecular weight is 417 g/mol. The van der Waals surface area contributed by atoms with Gasteiger partial charge in [-0.3, -0.25) is 4.79 Å². The first-order valence-corrected chi connectivity index (χ1v) is 10.9. The number of hydrogen-bond acceptors (Lipinski definition) is 5. The summed E-state index contributed by atoms with van der Waals surface area (Å²) in [7, 11) is 1.59. The minimum atomic E-state index is -1.20. The highest BCUT2D eigenvalue weighted by Crippen LogP contribution is 2.36. The van der Waals surface area contributed by atoms with Gasteiger partial charge >= 0.3 is 12.0 Å². The molecule has 1 saturated carbocycles. The Balaban J connectivity index is 1.87. The molecular formula is C23H32N2O5. The molecule has 2 aliphatic rings. The van der Waals surface area contributed by atoms with Gasteiger partial charge in [0.25, 0.3) is 5.91 Å². The smallest absolute Gasteiger partial charge is 0.329 e. The Labute approximate surface area is 178 Å². The molecule has 1 aromatic carbocycles. The SMILES string of the molecule is CCC(C(=O)OC1CCCCC1)N1C(=O)NC(CC)(c2ccc(OC)c(C)c2)C1=O. The van der Waals surface area contributed by atoms with E-state index in [2.05, 4.69) is 5.32 Å². The highest BCUT2D eigenvalue weighted by Gasteiger charge is 2.54. The summed E-state index contributed by atoms with van der Waals surface area (Å²) in [5.74, 6) is -0.196. The predicted octanol–water partition coefficient (Wildman–Crippen LogP) is 3.82. The van der Waals surface area contributed by atoms with E-state index in [1.807, 2.05) is 19.9 Å². The molecule has 164 valence electrons. The van der Waals surface area contributed by atoms with E-state index in [0.717, 1.165) is 42.6 Å². The Morgan fingerprint density at radius 2 is 1.93 bits per heavy atom. The molecule has 3 rings (SSSR count). The number of aryl methyl sites for hydroxylation is 1. The lowest BCUT2D eigenvalue weighted by molar-refractivity contribution is -0.159. The molecule has 0 bridgehead atoms. The van der Waals surface area contributed by atoms with Gasteiger partial charge in [-0.25, -0.2) is 14.5 Å². The van der Waals surface area contributed by atoms with Crippen molar-refractivity contribution in [3.8, 4) is 5.75 Å². The van der Waals surface area contributed by atoms with Crippen molar-refractivity contribution in [2.45, 2.75) is 83.4 Å². The Morgan fingerprint density at radius 1 is 1.23 bits per heavy atom. The number of esters is 1. The maximum absolute atomic E-state index is 13.5. The normalized spacial score (nSPS) is 23.3. The van der Waals surface area contributed by atoms with Gasteiger partial charge in [0.2, 0.25) is 0 Å². The molecule has 2 fully saturated rings. The van der Waals surface area contributed by atoms with Crippen molar-refractivity contribution in [3.63, 3.8) is 0 Å². The van der Waals surface area contributed by atoms with Gasteiger partial charge in [-0.2, -0.15) is 0 Å². The van der Waals surface area contributed by atoms with Crippen molar-refractivity contribution in [1.29, 1.82) is 0 Å². The van der Waals surface area contributed by atoms with Gasteiger partial charge in [0.15, 0.2) is 0 Å². The van der Waals surface area contributed by atoms with E-state index in [9.17, 15) is 14.4 Å². The van der Waals surface area contributed by atoms with Crippen molar-refractivity contribution in [3.05, 3.63) is 29.3 Å². The minimum Gasteiger partial charge on any atom is -0.496 e. The Hall–Kier alpha value is -2.57. The van der Waals surface area contributed by atoms with E-state index in [-0.39, 0.29) is 6.10 Å². The van der Waals surface area contributed by atoms with Gasteiger partial charge in [0.1, 0.15) is 23.4 Å². The number of methoxy groups -OCH3 is 1. The highest BCUT2D eigenvalue weighted by atomic mass is 16.5. The first kappa shape index (κ1) is 22.1. The quantitative estimate of drug-likeness (QED) is 0.540. The number of urea groups is 1. The molecule has 1 aliphatic heterocycles. The molecule has 0 aromatic heterocycles. The zero-order valence-electron chi connectivity index (χ0n) is 18.3. The molecule has 0 radical (unpaired) electrons. The van der Waals surface area contributed by atoms with Crippen molar-refractivity contribution in [2.75, 3.05) is 7.11 Å². The molecule has 7 heteroatoms. The fraction of sp³-hybridized carbons (Fsp3) is 0.609. The summed E-state index contributed by atoms with van der Waals surface area (Å²) in [5.41, 5.74) is 0.346. The Morgan fingerprint density at radius 3 is 2.50 bits per heavy atom. The van der Waals surface area contributed by atoms with Gasteiger partial charge in [0.05, 0.1) is 7.11 Å². The second-order valence-electron chi connectivity index (χ2n) is 8.17. The highest BCUT2D eigenvalue weighted by molar-refractivity contribution is 6.09. The van der Waals surface area contributed by atoms with Crippen LogP contribution in [0.5, 0.6) is 5.75 Å². The largest absolute Gasteiger partial charge is 0.496 e. The van der Waals surface area contributed by atoms with Crippen LogP contribution < -0.4 is 10.1 Å². The lowest BCUT2D eigenvalue weighted by atomic mass is 9.86. The van der Waals surface area contributed by atoms with Crippen molar-refractivity contribution < 1.29 is 23.9 Å². The fourth-order valence-electron chi connectivity index (χ4n) is 4.54. The Kier molecular flexibility index (Phi) is 6.68. The lowest BCUT2D eigenvalue weighted by Gasteiger charge is -2.29. The molecule has 30 heavy (non-hydrogen) atoms. The summed E-state index contributed by atoms with van der Waals surface area (Å²) in [6.45, 7) is 5.53. The van der Waals surface area contributed by atoms with Crippen LogP contribution >= 0.6 is 0 Å². The molecule has 2 unspecified atom stereocenters. The molecule has 1 aliphatic carbocycles. The first-order valence-electron chi connectivity index (χ1n) is 10.9. The topological polar surface area (TPSA) is 84.9 Å². The van der Waals surface area contributed by atoms with E-state index in [1.165, 1.54) is 0 Å². The second-order valence-corrected chi connectivity index (χ2v) is 8.17. The van der Waals surface area contributed by atoms with E-state index in [4.69, 9.17) is 9.47 Å². The van der Waals surface area contributed by atoms with Crippen molar-refractivity contribution >= 4 is 17.9 Å². The predicted molar refractivity (Wildman–Crippen MR) is 112 cm³/mol. The summed E-state index contributed by atoms with van der Waals surface area (Å²) in [4.78, 5) is 40.4. The number of rotatable bonds is 7. The molecule has 3 amide bonds. The van der Waals surface area contributed by atoms with Gasteiger partial charge in [0, 0.05) is 0 Å².